The Morgan fingerprint density at radius 2 is 1.71 bits per heavy atom. The maximum absolute atomic E-state index is 13.6. The van der Waals surface area contributed by atoms with Gasteiger partial charge in [0.15, 0.2) is 0 Å². The van der Waals surface area contributed by atoms with E-state index in [4.69, 9.17) is 16.3 Å². The molecular weight excluding hydrogens is 436 g/mol. The van der Waals surface area contributed by atoms with E-state index in [2.05, 4.69) is 5.32 Å². The predicted molar refractivity (Wildman–Crippen MR) is 122 cm³/mol. The zero-order chi connectivity index (χ0) is 22.3. The van der Waals surface area contributed by atoms with Crippen LogP contribution in [0.15, 0.2) is 83.8 Å². The molecule has 6 nitrogen and oxygen atoms in total. The van der Waals surface area contributed by atoms with Crippen molar-refractivity contribution in [1.29, 1.82) is 0 Å². The fraction of sp³-hybridized carbons (Fsp3) is 0.174. The van der Waals surface area contributed by atoms with Crippen LogP contribution in [-0.2, 0) is 21.3 Å². The molecule has 0 aliphatic heterocycles. The van der Waals surface area contributed by atoms with Crippen molar-refractivity contribution in [3.63, 3.8) is 0 Å². The lowest BCUT2D eigenvalue weighted by molar-refractivity contribution is 0.0937. The number of carbonyl (C=O) groups is 1. The average molecular weight is 459 g/mol. The molecule has 0 radical (unpaired) electrons. The molecule has 0 spiro atoms. The normalized spacial score (nSPS) is 11.2. The van der Waals surface area contributed by atoms with Gasteiger partial charge in [0.05, 0.1) is 23.7 Å². The number of hydrogen-bond acceptors (Lipinski definition) is 4. The smallest absolute Gasteiger partial charge is 0.264 e. The molecule has 31 heavy (non-hydrogen) atoms. The van der Waals surface area contributed by atoms with Gasteiger partial charge in [-0.05, 0) is 48.0 Å². The Hall–Kier alpha value is -2.87. The van der Waals surface area contributed by atoms with Gasteiger partial charge in [-0.15, -0.1) is 0 Å². The Kier molecular flexibility index (Phi) is 7.68. The molecule has 1 amide bonds. The first-order valence-corrected chi connectivity index (χ1v) is 11.4. The van der Waals surface area contributed by atoms with Crippen LogP contribution in [0.5, 0.6) is 0 Å². The highest BCUT2D eigenvalue weighted by Crippen LogP contribution is 2.27. The van der Waals surface area contributed by atoms with Crippen molar-refractivity contribution in [2.24, 2.45) is 0 Å². The molecule has 0 aliphatic rings. The number of ether oxygens (including phenoxy) is 1. The van der Waals surface area contributed by atoms with Gasteiger partial charge in [0, 0.05) is 24.2 Å². The van der Waals surface area contributed by atoms with Crippen molar-refractivity contribution in [3.8, 4) is 0 Å². The van der Waals surface area contributed by atoms with Crippen molar-refractivity contribution < 1.29 is 17.9 Å². The van der Waals surface area contributed by atoms with E-state index >= 15 is 0 Å². The van der Waals surface area contributed by atoms with E-state index in [-0.39, 0.29) is 22.9 Å². The lowest BCUT2D eigenvalue weighted by Crippen LogP contribution is -2.31. The van der Waals surface area contributed by atoms with E-state index in [0.717, 1.165) is 5.56 Å². The minimum Gasteiger partial charge on any atom is -0.383 e. The molecule has 3 aromatic rings. The van der Waals surface area contributed by atoms with Crippen molar-refractivity contribution in [2.45, 2.75) is 11.4 Å². The molecule has 0 unspecified atom stereocenters. The summed E-state index contributed by atoms with van der Waals surface area (Å²) in [6.45, 7) is 0.831. The van der Waals surface area contributed by atoms with Crippen LogP contribution in [0.3, 0.4) is 0 Å². The number of nitrogens with zero attached hydrogens (tertiary/aromatic N) is 1. The molecule has 0 aliphatic carbocycles. The Morgan fingerprint density at radius 1 is 1.00 bits per heavy atom. The van der Waals surface area contributed by atoms with Gasteiger partial charge in [-0.25, -0.2) is 8.42 Å². The lowest BCUT2D eigenvalue weighted by Gasteiger charge is -2.25. The molecule has 0 heterocycles. The minimum atomic E-state index is -3.96. The third-order valence-electron chi connectivity index (χ3n) is 4.56. The topological polar surface area (TPSA) is 75.7 Å². The number of halogens is 1. The molecule has 3 rings (SSSR count). The summed E-state index contributed by atoms with van der Waals surface area (Å²) in [6.07, 6.45) is 0. The molecule has 0 bridgehead atoms. The maximum atomic E-state index is 13.6. The van der Waals surface area contributed by atoms with Crippen molar-refractivity contribution >= 4 is 33.2 Å². The Bertz CT molecular complexity index is 1120. The van der Waals surface area contributed by atoms with Crippen molar-refractivity contribution in [1.82, 2.24) is 5.32 Å². The molecule has 0 saturated carbocycles. The number of sulfonamides is 1. The SMILES string of the molecule is COCCNC(=O)c1cccc(S(=O)(=O)N(Cc2ccccc2)c2ccc(Cl)cc2)c1. The summed E-state index contributed by atoms with van der Waals surface area (Å²) in [5, 5.41) is 3.21. The number of carbonyl (C=O) groups excluding carboxylic acids is 1. The summed E-state index contributed by atoms with van der Waals surface area (Å²) in [5.74, 6) is -0.366. The first-order chi connectivity index (χ1) is 14.9. The summed E-state index contributed by atoms with van der Waals surface area (Å²) >= 11 is 5.99. The van der Waals surface area contributed by atoms with Crippen LogP contribution >= 0.6 is 11.6 Å². The van der Waals surface area contributed by atoms with Crippen LogP contribution < -0.4 is 9.62 Å². The first-order valence-electron chi connectivity index (χ1n) is 9.61. The fourth-order valence-corrected chi connectivity index (χ4v) is 4.59. The van der Waals surface area contributed by atoms with E-state index in [1.807, 2.05) is 30.3 Å². The van der Waals surface area contributed by atoms with E-state index in [9.17, 15) is 13.2 Å². The van der Waals surface area contributed by atoms with E-state index in [1.54, 1.807) is 36.4 Å². The Balaban J connectivity index is 1.97. The van der Waals surface area contributed by atoms with Crippen LogP contribution in [-0.4, -0.2) is 34.6 Å². The van der Waals surface area contributed by atoms with Gasteiger partial charge in [-0.2, -0.15) is 0 Å². The number of benzene rings is 3. The summed E-state index contributed by atoms with van der Waals surface area (Å²) in [5.41, 5.74) is 1.56. The van der Waals surface area contributed by atoms with Gasteiger partial charge >= 0.3 is 0 Å². The summed E-state index contributed by atoms with van der Waals surface area (Å²) in [4.78, 5) is 12.4. The number of rotatable bonds is 9. The maximum Gasteiger partial charge on any atom is 0.264 e. The average Bonchev–Trinajstić information content (AvgIpc) is 2.79. The monoisotopic (exact) mass is 458 g/mol. The van der Waals surface area contributed by atoms with Crippen molar-refractivity contribution in [2.75, 3.05) is 24.6 Å². The second kappa shape index (κ2) is 10.4. The third kappa shape index (κ3) is 5.85. The largest absolute Gasteiger partial charge is 0.383 e. The molecule has 0 fully saturated rings. The standard InChI is InChI=1S/C23H23ClN2O4S/c1-30-15-14-25-23(27)19-8-5-9-22(16-19)31(28,29)26(17-18-6-3-2-4-7-18)21-12-10-20(24)11-13-21/h2-13,16H,14-15,17H2,1H3,(H,25,27). The second-order valence-corrected chi connectivity index (χ2v) is 9.05. The summed E-state index contributed by atoms with van der Waals surface area (Å²) < 4.78 is 33.4. The van der Waals surface area contributed by atoms with Crippen LogP contribution in [0.1, 0.15) is 15.9 Å². The van der Waals surface area contributed by atoms with Crippen LogP contribution in [0, 0.1) is 0 Å². The van der Waals surface area contributed by atoms with Crippen LogP contribution in [0.25, 0.3) is 0 Å². The summed E-state index contributed by atoms with van der Waals surface area (Å²) in [7, 11) is -2.42. The molecule has 8 heteroatoms. The molecule has 3 aromatic carbocycles. The zero-order valence-corrected chi connectivity index (χ0v) is 18.6. The highest BCUT2D eigenvalue weighted by molar-refractivity contribution is 7.92. The minimum absolute atomic E-state index is 0.0257. The highest BCUT2D eigenvalue weighted by atomic mass is 35.5. The van der Waals surface area contributed by atoms with Crippen LogP contribution in [0.2, 0.25) is 5.02 Å². The number of nitrogens with one attached hydrogen (secondary N) is 1. The van der Waals surface area contributed by atoms with Gasteiger partial charge in [0.2, 0.25) is 0 Å². The van der Waals surface area contributed by atoms with Gasteiger partial charge in [0.25, 0.3) is 15.9 Å². The number of anilines is 1. The molecule has 0 aromatic heterocycles. The van der Waals surface area contributed by atoms with Gasteiger partial charge in [-0.3, -0.25) is 9.10 Å². The van der Waals surface area contributed by atoms with Gasteiger partial charge in [-0.1, -0.05) is 48.0 Å². The second-order valence-electron chi connectivity index (χ2n) is 6.75. The molecule has 1 N–H and O–H groups in total. The first kappa shape index (κ1) is 22.8. The zero-order valence-electron chi connectivity index (χ0n) is 17.0. The molecule has 0 saturated heterocycles. The Morgan fingerprint density at radius 3 is 2.39 bits per heavy atom. The lowest BCUT2D eigenvalue weighted by atomic mass is 10.2. The molecule has 162 valence electrons. The number of hydrogen-bond donors (Lipinski definition) is 1. The van der Waals surface area contributed by atoms with Gasteiger partial charge in [0.1, 0.15) is 0 Å². The van der Waals surface area contributed by atoms with Gasteiger partial charge < -0.3 is 10.1 Å². The fourth-order valence-electron chi connectivity index (χ4n) is 2.97. The van der Waals surface area contributed by atoms with Crippen molar-refractivity contribution in [3.05, 3.63) is 95.0 Å². The highest BCUT2D eigenvalue weighted by Gasteiger charge is 2.26. The predicted octanol–water partition coefficient (Wildman–Crippen LogP) is 4.11. The molecule has 0 atom stereocenters. The summed E-state index contributed by atoms with van der Waals surface area (Å²) in [6, 6.07) is 21.9. The van der Waals surface area contributed by atoms with E-state index in [1.165, 1.54) is 23.5 Å². The number of methoxy groups -OCH3 is 1. The Labute approximate surface area is 187 Å². The molecular formula is C23H23ClN2O4S. The third-order valence-corrected chi connectivity index (χ3v) is 6.58. The number of amides is 1. The van der Waals surface area contributed by atoms with E-state index < -0.39 is 10.0 Å². The quantitative estimate of drug-likeness (QED) is 0.489. The van der Waals surface area contributed by atoms with E-state index in [0.29, 0.717) is 23.9 Å². The van der Waals surface area contributed by atoms with Crippen LogP contribution in [0.4, 0.5) is 5.69 Å².